The molecule has 0 radical (unpaired) electrons. The van der Waals surface area contributed by atoms with Crippen LogP contribution < -0.4 is 26.0 Å². The van der Waals surface area contributed by atoms with Crippen molar-refractivity contribution in [3.8, 4) is 6.01 Å². The Labute approximate surface area is 218 Å². The number of ether oxygens (including phenoxy) is 1. The van der Waals surface area contributed by atoms with Gasteiger partial charge in [-0.2, -0.15) is 10.1 Å². The first-order valence-corrected chi connectivity index (χ1v) is 12.3. The van der Waals surface area contributed by atoms with E-state index in [9.17, 15) is 14.0 Å². The Morgan fingerprint density at radius 1 is 1.21 bits per heavy atom. The first kappa shape index (κ1) is 25.3. The van der Waals surface area contributed by atoms with E-state index in [1.807, 2.05) is 6.07 Å². The van der Waals surface area contributed by atoms with Crippen LogP contribution in [-0.2, 0) is 11.8 Å². The number of benzene rings is 2. The summed E-state index contributed by atoms with van der Waals surface area (Å²) in [5, 5.41) is 11.6. The van der Waals surface area contributed by atoms with Crippen LogP contribution >= 0.6 is 0 Å². The largest absolute Gasteiger partial charge is 0.463 e. The van der Waals surface area contributed by atoms with Gasteiger partial charge in [-0.1, -0.05) is 0 Å². The molecule has 5 rings (SSSR count). The van der Waals surface area contributed by atoms with Crippen LogP contribution in [0, 0.1) is 5.82 Å². The van der Waals surface area contributed by atoms with Crippen molar-refractivity contribution in [2.75, 3.05) is 29.9 Å². The summed E-state index contributed by atoms with van der Waals surface area (Å²) >= 11 is 0. The molecule has 11 nitrogen and oxygen atoms in total. The lowest BCUT2D eigenvalue weighted by Crippen LogP contribution is -2.54. The number of primary amides is 1. The van der Waals surface area contributed by atoms with E-state index in [0.717, 1.165) is 18.8 Å². The molecule has 4 aromatic rings. The Hall–Kier alpha value is -4.32. The molecule has 38 heavy (non-hydrogen) atoms. The van der Waals surface area contributed by atoms with Crippen LogP contribution in [0.2, 0.25) is 0 Å². The van der Waals surface area contributed by atoms with Crippen LogP contribution in [0.5, 0.6) is 6.01 Å². The number of rotatable bonds is 7. The number of halogens is 1. The number of piperazine rings is 1. The highest BCUT2D eigenvalue weighted by molar-refractivity contribution is 6.14. The molecule has 2 amide bonds. The molecule has 2 aromatic heterocycles. The fraction of sp³-hybridized carbons (Fsp3) is 0.346. The summed E-state index contributed by atoms with van der Waals surface area (Å²) in [4.78, 5) is 35.6. The van der Waals surface area contributed by atoms with Crippen molar-refractivity contribution in [3.05, 3.63) is 48.0 Å². The standard InChI is InChI=1S/C26H29FN8O3/c1-14-11-35(12-15(2)30-14)21-5-4-18(24-19(21)10-29-26(32-24)38-7-6-22(28)36)25(37)31-17-8-16-13-34(3)33-23(16)20(27)9-17/h4-5,8-10,13-15,30H,6-7,11-12H2,1-3H3,(H2,28,36)(H,31,37). The number of carbonyl (C=O) groups excluding carboxylic acids is 2. The van der Waals surface area contributed by atoms with Crippen LogP contribution in [0.15, 0.2) is 36.7 Å². The molecule has 1 aliphatic heterocycles. The molecule has 2 atom stereocenters. The van der Waals surface area contributed by atoms with Gasteiger partial charge in [0.1, 0.15) is 12.1 Å². The summed E-state index contributed by atoms with van der Waals surface area (Å²) in [5.74, 6) is -1.51. The number of nitrogens with one attached hydrogen (secondary N) is 2. The van der Waals surface area contributed by atoms with Gasteiger partial charge in [0.05, 0.1) is 17.5 Å². The van der Waals surface area contributed by atoms with Crippen LogP contribution in [0.1, 0.15) is 30.6 Å². The van der Waals surface area contributed by atoms with E-state index < -0.39 is 17.6 Å². The first-order valence-electron chi connectivity index (χ1n) is 12.3. The van der Waals surface area contributed by atoms with Crippen molar-refractivity contribution in [1.82, 2.24) is 25.1 Å². The van der Waals surface area contributed by atoms with E-state index in [4.69, 9.17) is 10.5 Å². The smallest absolute Gasteiger partial charge is 0.316 e. The van der Waals surface area contributed by atoms with Gasteiger partial charge in [0.25, 0.3) is 5.91 Å². The zero-order valence-corrected chi connectivity index (χ0v) is 21.4. The molecule has 4 N–H and O–H groups in total. The molecule has 3 heterocycles. The van der Waals surface area contributed by atoms with E-state index >= 15 is 0 Å². The van der Waals surface area contributed by atoms with Crippen molar-refractivity contribution in [2.45, 2.75) is 32.4 Å². The van der Waals surface area contributed by atoms with Gasteiger partial charge < -0.3 is 26.0 Å². The molecule has 2 unspecified atom stereocenters. The maximum absolute atomic E-state index is 14.6. The number of fused-ring (bicyclic) bond motifs is 2. The second-order valence-electron chi connectivity index (χ2n) is 9.64. The third-order valence-corrected chi connectivity index (χ3v) is 6.36. The van der Waals surface area contributed by atoms with E-state index in [1.165, 1.54) is 10.7 Å². The SMILES string of the molecule is CC1CN(c2ccc(C(=O)Nc3cc(F)c4nn(C)cc4c3)c3nc(OCCC(N)=O)ncc23)CC(C)N1. The molecule has 0 saturated carbocycles. The van der Waals surface area contributed by atoms with Crippen molar-refractivity contribution < 1.29 is 18.7 Å². The van der Waals surface area contributed by atoms with Gasteiger partial charge in [0.15, 0.2) is 5.82 Å². The predicted molar refractivity (Wildman–Crippen MR) is 142 cm³/mol. The summed E-state index contributed by atoms with van der Waals surface area (Å²) in [5.41, 5.74) is 7.27. The zero-order chi connectivity index (χ0) is 27.0. The molecule has 1 saturated heterocycles. The molecule has 1 fully saturated rings. The third kappa shape index (κ3) is 5.21. The molecule has 2 aromatic carbocycles. The number of aryl methyl sites for hydroxylation is 1. The van der Waals surface area contributed by atoms with Gasteiger partial charge >= 0.3 is 6.01 Å². The summed E-state index contributed by atoms with van der Waals surface area (Å²) < 4.78 is 21.6. The Balaban J connectivity index is 1.52. The number of amides is 2. The van der Waals surface area contributed by atoms with Crippen molar-refractivity contribution >= 4 is 45.0 Å². The Kier molecular flexibility index (Phi) is 6.81. The number of nitrogens with zero attached hydrogens (tertiary/aromatic N) is 5. The lowest BCUT2D eigenvalue weighted by molar-refractivity contribution is -0.118. The van der Waals surface area contributed by atoms with E-state index in [1.54, 1.807) is 31.6 Å². The minimum atomic E-state index is -0.534. The molecule has 12 heteroatoms. The number of carbonyl (C=O) groups is 2. The number of hydrogen-bond donors (Lipinski definition) is 3. The quantitative estimate of drug-likeness (QED) is 0.337. The van der Waals surface area contributed by atoms with Gasteiger partial charge in [0, 0.05) is 66.8 Å². The van der Waals surface area contributed by atoms with E-state index in [-0.39, 0.29) is 42.2 Å². The summed E-state index contributed by atoms with van der Waals surface area (Å²) in [7, 11) is 1.70. The van der Waals surface area contributed by atoms with Crippen molar-refractivity contribution in [3.63, 3.8) is 0 Å². The van der Waals surface area contributed by atoms with E-state index in [2.05, 4.69) is 44.4 Å². The van der Waals surface area contributed by atoms with Crippen LogP contribution in [-0.4, -0.2) is 63.3 Å². The van der Waals surface area contributed by atoms with Gasteiger partial charge in [-0.25, -0.2) is 9.37 Å². The van der Waals surface area contributed by atoms with Crippen LogP contribution in [0.4, 0.5) is 15.8 Å². The normalized spacial score (nSPS) is 17.6. The highest BCUT2D eigenvalue weighted by atomic mass is 19.1. The third-order valence-electron chi connectivity index (χ3n) is 6.36. The maximum atomic E-state index is 14.6. The number of hydrogen-bond acceptors (Lipinski definition) is 8. The zero-order valence-electron chi connectivity index (χ0n) is 21.4. The minimum Gasteiger partial charge on any atom is -0.463 e. The Bertz CT molecular complexity index is 1530. The highest BCUT2D eigenvalue weighted by Gasteiger charge is 2.25. The van der Waals surface area contributed by atoms with Crippen LogP contribution in [0.25, 0.3) is 21.8 Å². The molecule has 0 aliphatic carbocycles. The van der Waals surface area contributed by atoms with Gasteiger partial charge in [0.2, 0.25) is 5.91 Å². The second kappa shape index (κ2) is 10.2. The average molecular weight is 521 g/mol. The fourth-order valence-corrected chi connectivity index (χ4v) is 4.87. The molecule has 1 aliphatic rings. The lowest BCUT2D eigenvalue weighted by Gasteiger charge is -2.38. The number of aromatic nitrogens is 4. The average Bonchev–Trinajstić information content (AvgIpc) is 3.23. The predicted octanol–water partition coefficient (Wildman–Crippen LogP) is 2.35. The van der Waals surface area contributed by atoms with Crippen molar-refractivity contribution in [2.24, 2.45) is 12.8 Å². The summed E-state index contributed by atoms with van der Waals surface area (Å²) in [6.45, 7) is 5.79. The molecule has 198 valence electrons. The fourth-order valence-electron chi connectivity index (χ4n) is 4.87. The van der Waals surface area contributed by atoms with Gasteiger partial charge in [-0.3, -0.25) is 14.3 Å². The lowest BCUT2D eigenvalue weighted by atomic mass is 10.0. The Morgan fingerprint density at radius 2 is 1.97 bits per heavy atom. The molecular formula is C26H29FN8O3. The molecule has 0 bridgehead atoms. The number of anilines is 2. The first-order chi connectivity index (χ1) is 18.2. The Morgan fingerprint density at radius 3 is 2.71 bits per heavy atom. The monoisotopic (exact) mass is 520 g/mol. The highest BCUT2D eigenvalue weighted by Crippen LogP contribution is 2.31. The molecular weight excluding hydrogens is 491 g/mol. The topological polar surface area (TPSA) is 140 Å². The van der Waals surface area contributed by atoms with Crippen molar-refractivity contribution in [1.29, 1.82) is 0 Å². The van der Waals surface area contributed by atoms with Gasteiger partial charge in [-0.05, 0) is 38.1 Å². The minimum absolute atomic E-state index is 0.00766. The second-order valence-corrected chi connectivity index (χ2v) is 9.64. The van der Waals surface area contributed by atoms with Gasteiger partial charge in [-0.15, -0.1) is 0 Å². The maximum Gasteiger partial charge on any atom is 0.316 e. The van der Waals surface area contributed by atoms with Crippen LogP contribution in [0.3, 0.4) is 0 Å². The summed E-state index contributed by atoms with van der Waals surface area (Å²) in [6, 6.07) is 7.04. The summed E-state index contributed by atoms with van der Waals surface area (Å²) in [6.07, 6.45) is 3.30. The van der Waals surface area contributed by atoms with E-state index in [0.29, 0.717) is 22.0 Å². The number of nitrogens with two attached hydrogens (primary N) is 1. The molecule has 0 spiro atoms.